The first-order chi connectivity index (χ1) is 7.45. The van der Waals surface area contributed by atoms with E-state index in [0.717, 1.165) is 5.69 Å². The lowest BCUT2D eigenvalue weighted by molar-refractivity contribution is -0.124. The molecular formula is C13H20N2O. The Hall–Kier alpha value is -1.35. The second-order valence-corrected chi connectivity index (χ2v) is 4.74. The lowest BCUT2D eigenvalue weighted by atomic mass is 9.88. The summed E-state index contributed by atoms with van der Waals surface area (Å²) in [5.74, 6) is 0.0156. The molecule has 0 heterocycles. The number of nitrogens with one attached hydrogen (secondary N) is 1. The number of amides is 1. The Labute approximate surface area is 97.0 Å². The first-order valence-corrected chi connectivity index (χ1v) is 5.54. The normalized spacial score (nSPS) is 11.2. The van der Waals surface area contributed by atoms with E-state index in [-0.39, 0.29) is 5.91 Å². The summed E-state index contributed by atoms with van der Waals surface area (Å²) in [6, 6.07) is 7.77. The molecule has 0 fully saturated rings. The van der Waals surface area contributed by atoms with Gasteiger partial charge in [-0.1, -0.05) is 31.5 Å². The maximum absolute atomic E-state index is 11.9. The molecule has 1 aromatic carbocycles. The Balaban J connectivity index is 2.67. The van der Waals surface area contributed by atoms with Crippen LogP contribution in [0.1, 0.15) is 25.8 Å². The molecule has 0 aliphatic heterocycles. The van der Waals surface area contributed by atoms with E-state index in [0.29, 0.717) is 13.0 Å². The van der Waals surface area contributed by atoms with Gasteiger partial charge in [-0.05, 0) is 32.0 Å². The Morgan fingerprint density at radius 2 is 1.88 bits per heavy atom. The van der Waals surface area contributed by atoms with Crippen molar-refractivity contribution in [2.45, 2.75) is 27.2 Å². The molecule has 1 rings (SSSR count). The number of hydrogen-bond donors (Lipinski definition) is 2. The molecule has 0 aliphatic carbocycles. The fourth-order valence-corrected chi connectivity index (χ4v) is 1.41. The van der Waals surface area contributed by atoms with E-state index in [4.69, 9.17) is 5.73 Å². The second-order valence-electron chi connectivity index (χ2n) is 4.74. The molecule has 3 nitrogen and oxygen atoms in total. The molecule has 0 aliphatic rings. The average Bonchev–Trinajstić information content (AvgIpc) is 2.21. The minimum atomic E-state index is -0.417. The highest BCUT2D eigenvalue weighted by Crippen LogP contribution is 2.22. The van der Waals surface area contributed by atoms with Crippen molar-refractivity contribution in [2.24, 2.45) is 11.1 Å². The van der Waals surface area contributed by atoms with Crippen molar-refractivity contribution in [3.05, 3.63) is 29.8 Å². The Morgan fingerprint density at radius 1 is 1.31 bits per heavy atom. The van der Waals surface area contributed by atoms with Crippen molar-refractivity contribution < 1.29 is 4.79 Å². The van der Waals surface area contributed by atoms with E-state index in [9.17, 15) is 4.79 Å². The maximum atomic E-state index is 11.9. The number of carbonyl (C=O) groups is 1. The number of anilines is 1. The third kappa shape index (κ3) is 3.35. The third-order valence-electron chi connectivity index (χ3n) is 2.69. The van der Waals surface area contributed by atoms with Crippen LogP contribution in [0.4, 0.5) is 5.69 Å². The minimum Gasteiger partial charge on any atom is -0.330 e. The van der Waals surface area contributed by atoms with E-state index >= 15 is 0 Å². The van der Waals surface area contributed by atoms with E-state index in [1.165, 1.54) is 5.56 Å². The smallest absolute Gasteiger partial charge is 0.230 e. The molecule has 16 heavy (non-hydrogen) atoms. The summed E-state index contributed by atoms with van der Waals surface area (Å²) in [5, 5.41) is 2.90. The number of benzene rings is 1. The molecule has 3 N–H and O–H groups in total. The van der Waals surface area contributed by atoms with Crippen LogP contribution in [-0.2, 0) is 4.79 Å². The highest BCUT2D eigenvalue weighted by atomic mass is 16.2. The summed E-state index contributed by atoms with van der Waals surface area (Å²) in [6.07, 6.45) is 0.685. The van der Waals surface area contributed by atoms with Gasteiger partial charge < -0.3 is 11.1 Å². The second kappa shape index (κ2) is 5.12. The molecule has 1 amide bonds. The number of hydrogen-bond acceptors (Lipinski definition) is 2. The van der Waals surface area contributed by atoms with Crippen molar-refractivity contribution >= 4 is 11.6 Å². The van der Waals surface area contributed by atoms with Gasteiger partial charge in [-0.2, -0.15) is 0 Å². The largest absolute Gasteiger partial charge is 0.330 e. The van der Waals surface area contributed by atoms with Crippen LogP contribution in [0.3, 0.4) is 0 Å². The van der Waals surface area contributed by atoms with Gasteiger partial charge in [-0.15, -0.1) is 0 Å². The maximum Gasteiger partial charge on any atom is 0.230 e. The van der Waals surface area contributed by atoms with Gasteiger partial charge in [-0.25, -0.2) is 0 Å². The zero-order valence-electron chi connectivity index (χ0n) is 10.2. The van der Waals surface area contributed by atoms with Crippen LogP contribution < -0.4 is 11.1 Å². The lowest BCUT2D eigenvalue weighted by Crippen LogP contribution is -2.32. The predicted molar refractivity (Wildman–Crippen MR) is 67.3 cm³/mol. The monoisotopic (exact) mass is 220 g/mol. The molecule has 0 spiro atoms. The van der Waals surface area contributed by atoms with Crippen LogP contribution >= 0.6 is 0 Å². The van der Waals surface area contributed by atoms with Crippen LogP contribution in [0.15, 0.2) is 24.3 Å². The van der Waals surface area contributed by atoms with Gasteiger partial charge in [0, 0.05) is 11.1 Å². The van der Waals surface area contributed by atoms with Crippen molar-refractivity contribution in [3.8, 4) is 0 Å². The van der Waals surface area contributed by atoms with Crippen molar-refractivity contribution in [2.75, 3.05) is 11.9 Å². The molecule has 1 aromatic rings. The Morgan fingerprint density at radius 3 is 2.38 bits per heavy atom. The molecule has 0 aromatic heterocycles. The topological polar surface area (TPSA) is 55.1 Å². The zero-order valence-corrected chi connectivity index (χ0v) is 10.2. The molecule has 0 atom stereocenters. The van der Waals surface area contributed by atoms with Crippen molar-refractivity contribution in [1.29, 1.82) is 0 Å². The van der Waals surface area contributed by atoms with Gasteiger partial charge in [0.15, 0.2) is 0 Å². The highest BCUT2D eigenvalue weighted by Gasteiger charge is 2.26. The number of nitrogens with two attached hydrogens (primary N) is 1. The van der Waals surface area contributed by atoms with Crippen LogP contribution in [0.5, 0.6) is 0 Å². The quantitative estimate of drug-likeness (QED) is 0.818. The lowest BCUT2D eigenvalue weighted by Gasteiger charge is -2.22. The van der Waals surface area contributed by atoms with Crippen LogP contribution in [-0.4, -0.2) is 12.5 Å². The zero-order chi connectivity index (χ0) is 12.2. The third-order valence-corrected chi connectivity index (χ3v) is 2.69. The first kappa shape index (κ1) is 12.7. The summed E-state index contributed by atoms with van der Waals surface area (Å²) < 4.78 is 0. The number of carbonyl (C=O) groups excluding carboxylic acids is 1. The molecule has 0 radical (unpaired) electrons. The fraction of sp³-hybridized carbons (Fsp3) is 0.462. The van der Waals surface area contributed by atoms with Gasteiger partial charge >= 0.3 is 0 Å². The fourth-order valence-electron chi connectivity index (χ4n) is 1.41. The summed E-state index contributed by atoms with van der Waals surface area (Å²) in [7, 11) is 0. The number of aryl methyl sites for hydroxylation is 1. The predicted octanol–water partition coefficient (Wildman–Crippen LogP) is 2.31. The van der Waals surface area contributed by atoms with Gasteiger partial charge in [0.2, 0.25) is 5.91 Å². The molecule has 0 bridgehead atoms. The summed E-state index contributed by atoms with van der Waals surface area (Å²) >= 11 is 0. The van der Waals surface area contributed by atoms with Crippen LogP contribution in [0.2, 0.25) is 0 Å². The van der Waals surface area contributed by atoms with Gasteiger partial charge in [0.05, 0.1) is 0 Å². The molecule has 0 saturated heterocycles. The van der Waals surface area contributed by atoms with Crippen LogP contribution in [0, 0.1) is 12.3 Å². The van der Waals surface area contributed by atoms with Gasteiger partial charge in [0.1, 0.15) is 0 Å². The Bertz CT molecular complexity index is 355. The van der Waals surface area contributed by atoms with Gasteiger partial charge in [-0.3, -0.25) is 4.79 Å². The van der Waals surface area contributed by atoms with Crippen LogP contribution in [0.25, 0.3) is 0 Å². The van der Waals surface area contributed by atoms with E-state index in [2.05, 4.69) is 5.32 Å². The summed E-state index contributed by atoms with van der Waals surface area (Å²) in [6.45, 7) is 6.35. The summed E-state index contributed by atoms with van der Waals surface area (Å²) in [5.41, 5.74) is 7.08. The van der Waals surface area contributed by atoms with E-state index in [1.54, 1.807) is 0 Å². The number of rotatable bonds is 4. The van der Waals surface area contributed by atoms with Gasteiger partial charge in [0.25, 0.3) is 0 Å². The molecular weight excluding hydrogens is 200 g/mol. The SMILES string of the molecule is Cc1ccc(NC(=O)C(C)(C)CCN)cc1. The minimum absolute atomic E-state index is 0.0156. The molecule has 0 unspecified atom stereocenters. The highest BCUT2D eigenvalue weighted by molar-refractivity contribution is 5.94. The standard InChI is InChI=1S/C13H20N2O/c1-10-4-6-11(7-5-10)15-12(16)13(2,3)8-9-14/h4-7H,8-9,14H2,1-3H3,(H,15,16). The first-order valence-electron chi connectivity index (χ1n) is 5.54. The van der Waals surface area contributed by atoms with E-state index in [1.807, 2.05) is 45.0 Å². The molecule has 88 valence electrons. The van der Waals surface area contributed by atoms with E-state index < -0.39 is 5.41 Å². The van der Waals surface area contributed by atoms with Crippen molar-refractivity contribution in [1.82, 2.24) is 0 Å². The molecule has 0 saturated carbocycles. The average molecular weight is 220 g/mol. The Kier molecular flexibility index (Phi) is 4.07. The summed E-state index contributed by atoms with van der Waals surface area (Å²) in [4.78, 5) is 11.9. The van der Waals surface area contributed by atoms with Crippen molar-refractivity contribution in [3.63, 3.8) is 0 Å². The molecule has 3 heteroatoms.